The monoisotopic (exact) mass is 339 g/mol. The summed E-state index contributed by atoms with van der Waals surface area (Å²) in [5, 5.41) is 8.82. The third-order valence-corrected chi connectivity index (χ3v) is 5.45. The highest BCUT2D eigenvalue weighted by Crippen LogP contribution is 2.30. The van der Waals surface area contributed by atoms with E-state index in [4.69, 9.17) is 28.3 Å². The van der Waals surface area contributed by atoms with E-state index in [1.165, 1.54) is 4.31 Å². The number of rotatable bonds is 6. The maximum Gasteiger partial charge on any atom is 0.337 e. The van der Waals surface area contributed by atoms with Crippen LogP contribution < -0.4 is 0 Å². The molecule has 0 amide bonds. The number of nitrogens with zero attached hydrogens (tertiary/aromatic N) is 1. The summed E-state index contributed by atoms with van der Waals surface area (Å²) in [5.74, 6) is -1.30. The quantitative estimate of drug-likeness (QED) is 0.863. The first kappa shape index (κ1) is 17.2. The van der Waals surface area contributed by atoms with Gasteiger partial charge in [-0.25, -0.2) is 13.2 Å². The number of carboxylic acid groups (broad SMARTS) is 1. The molecule has 0 fully saturated rings. The van der Waals surface area contributed by atoms with E-state index in [2.05, 4.69) is 0 Å². The molecule has 0 aliphatic rings. The van der Waals surface area contributed by atoms with E-state index in [0.29, 0.717) is 13.0 Å². The molecule has 0 aliphatic carbocycles. The summed E-state index contributed by atoms with van der Waals surface area (Å²) in [4.78, 5) is 10.8. The molecule has 8 heteroatoms. The fourth-order valence-electron chi connectivity index (χ4n) is 1.73. The highest BCUT2D eigenvalue weighted by atomic mass is 35.5. The van der Waals surface area contributed by atoms with Crippen molar-refractivity contribution in [3.05, 3.63) is 27.7 Å². The Balaban J connectivity index is 3.45. The van der Waals surface area contributed by atoms with Gasteiger partial charge in [0.05, 0.1) is 15.6 Å². The number of halogens is 2. The summed E-state index contributed by atoms with van der Waals surface area (Å²) in [6.07, 6.45) is 0.643. The molecule has 0 saturated carbocycles. The Morgan fingerprint density at radius 3 is 2.30 bits per heavy atom. The van der Waals surface area contributed by atoms with E-state index in [-0.39, 0.29) is 27.0 Å². The fraction of sp³-hybridized carbons (Fsp3) is 0.417. The maximum atomic E-state index is 12.5. The number of hydrogen-bond donors (Lipinski definition) is 1. The van der Waals surface area contributed by atoms with Crippen LogP contribution in [0.1, 0.15) is 30.6 Å². The van der Waals surface area contributed by atoms with E-state index in [1.54, 1.807) is 6.92 Å². The first-order valence-corrected chi connectivity index (χ1v) is 8.17. The van der Waals surface area contributed by atoms with Crippen molar-refractivity contribution in [2.24, 2.45) is 0 Å². The van der Waals surface area contributed by atoms with Gasteiger partial charge in [0, 0.05) is 13.1 Å². The van der Waals surface area contributed by atoms with Gasteiger partial charge < -0.3 is 5.11 Å². The van der Waals surface area contributed by atoms with Gasteiger partial charge >= 0.3 is 5.97 Å². The molecular formula is C12H15Cl2NO4S. The highest BCUT2D eigenvalue weighted by Gasteiger charge is 2.27. The van der Waals surface area contributed by atoms with Crippen LogP contribution in [0.4, 0.5) is 0 Å². The molecule has 0 saturated heterocycles. The molecule has 112 valence electrons. The second kappa shape index (κ2) is 6.76. The van der Waals surface area contributed by atoms with Crippen molar-refractivity contribution in [1.82, 2.24) is 4.31 Å². The van der Waals surface area contributed by atoms with E-state index >= 15 is 0 Å². The molecule has 1 aromatic carbocycles. The van der Waals surface area contributed by atoms with Crippen molar-refractivity contribution in [1.29, 1.82) is 0 Å². The smallest absolute Gasteiger partial charge is 0.337 e. The van der Waals surface area contributed by atoms with Gasteiger partial charge in [0.2, 0.25) is 10.0 Å². The molecule has 0 aromatic heterocycles. The molecule has 0 bridgehead atoms. The summed E-state index contributed by atoms with van der Waals surface area (Å²) in [6.45, 7) is 4.16. The van der Waals surface area contributed by atoms with Crippen molar-refractivity contribution >= 4 is 39.2 Å². The van der Waals surface area contributed by atoms with Crippen molar-refractivity contribution in [3.63, 3.8) is 0 Å². The molecule has 1 rings (SSSR count). The zero-order valence-electron chi connectivity index (χ0n) is 11.1. The number of sulfonamides is 1. The van der Waals surface area contributed by atoms with Crippen molar-refractivity contribution < 1.29 is 18.3 Å². The normalized spacial score (nSPS) is 11.8. The van der Waals surface area contributed by atoms with Gasteiger partial charge in [-0.3, -0.25) is 0 Å². The van der Waals surface area contributed by atoms with Gasteiger partial charge in [-0.15, -0.1) is 0 Å². The highest BCUT2D eigenvalue weighted by molar-refractivity contribution is 7.89. The Hall–Kier alpha value is -0.820. The Morgan fingerprint density at radius 1 is 1.25 bits per heavy atom. The number of carbonyl (C=O) groups is 1. The third-order valence-electron chi connectivity index (χ3n) is 2.70. The molecule has 0 atom stereocenters. The van der Waals surface area contributed by atoms with E-state index in [1.807, 2.05) is 6.92 Å². The molecule has 5 nitrogen and oxygen atoms in total. The Labute approximate surface area is 128 Å². The summed E-state index contributed by atoms with van der Waals surface area (Å²) >= 11 is 11.7. The number of aromatic carboxylic acids is 1. The van der Waals surface area contributed by atoms with Crippen LogP contribution in [-0.4, -0.2) is 36.9 Å². The molecular weight excluding hydrogens is 325 g/mol. The van der Waals surface area contributed by atoms with Gasteiger partial charge in [-0.05, 0) is 18.6 Å². The first-order valence-electron chi connectivity index (χ1n) is 5.98. The first-order chi connectivity index (χ1) is 9.25. The lowest BCUT2D eigenvalue weighted by molar-refractivity contribution is 0.0697. The van der Waals surface area contributed by atoms with E-state index in [0.717, 1.165) is 12.1 Å². The van der Waals surface area contributed by atoms with Crippen molar-refractivity contribution in [2.45, 2.75) is 25.2 Å². The zero-order chi connectivity index (χ0) is 15.5. The average molecular weight is 340 g/mol. The average Bonchev–Trinajstić information content (AvgIpc) is 2.34. The molecule has 1 aromatic rings. The third kappa shape index (κ3) is 3.44. The molecule has 20 heavy (non-hydrogen) atoms. The second-order valence-corrected chi connectivity index (χ2v) is 6.79. The summed E-state index contributed by atoms with van der Waals surface area (Å²) in [5.41, 5.74) is -0.290. The SMILES string of the molecule is CCCN(CC)S(=O)(=O)c1cc(C(=O)O)c(Cl)cc1Cl. The topological polar surface area (TPSA) is 74.7 Å². The predicted octanol–water partition coefficient (Wildman–Crippen LogP) is 3.11. The van der Waals surface area contributed by atoms with Gasteiger partial charge in [0.15, 0.2) is 0 Å². The molecule has 0 unspecified atom stereocenters. The van der Waals surface area contributed by atoms with Crippen LogP contribution in [0.3, 0.4) is 0 Å². The molecule has 1 N–H and O–H groups in total. The lowest BCUT2D eigenvalue weighted by atomic mass is 10.2. The van der Waals surface area contributed by atoms with Crippen LogP contribution in [-0.2, 0) is 10.0 Å². The summed E-state index contributed by atoms with van der Waals surface area (Å²) < 4.78 is 26.2. The lowest BCUT2D eigenvalue weighted by Gasteiger charge is -2.20. The summed E-state index contributed by atoms with van der Waals surface area (Å²) in [6, 6.07) is 2.14. The second-order valence-electron chi connectivity index (χ2n) is 4.06. The van der Waals surface area contributed by atoms with Crippen LogP contribution in [0.15, 0.2) is 17.0 Å². The van der Waals surface area contributed by atoms with Crippen LogP contribution >= 0.6 is 23.2 Å². The Bertz CT molecular complexity index is 616. The van der Waals surface area contributed by atoms with Gasteiger partial charge in [0.1, 0.15) is 4.90 Å². The summed E-state index contributed by atoms with van der Waals surface area (Å²) in [7, 11) is -3.84. The predicted molar refractivity (Wildman–Crippen MR) is 78.1 cm³/mol. The minimum atomic E-state index is -3.84. The number of hydrogen-bond acceptors (Lipinski definition) is 3. The largest absolute Gasteiger partial charge is 0.478 e. The number of carboxylic acids is 1. The van der Waals surface area contributed by atoms with Gasteiger partial charge in [-0.2, -0.15) is 4.31 Å². The minimum Gasteiger partial charge on any atom is -0.478 e. The fourth-order valence-corrected chi connectivity index (χ4v) is 4.10. The molecule has 0 heterocycles. The van der Waals surface area contributed by atoms with E-state index in [9.17, 15) is 13.2 Å². The van der Waals surface area contributed by atoms with Crippen LogP contribution in [0.5, 0.6) is 0 Å². The minimum absolute atomic E-state index is 0.0884. The molecule has 0 aliphatic heterocycles. The Morgan fingerprint density at radius 2 is 1.85 bits per heavy atom. The van der Waals surface area contributed by atoms with Crippen molar-refractivity contribution in [2.75, 3.05) is 13.1 Å². The number of benzene rings is 1. The van der Waals surface area contributed by atoms with Crippen LogP contribution in [0.25, 0.3) is 0 Å². The van der Waals surface area contributed by atoms with E-state index < -0.39 is 16.0 Å². The van der Waals surface area contributed by atoms with Crippen LogP contribution in [0.2, 0.25) is 10.0 Å². The van der Waals surface area contributed by atoms with Crippen molar-refractivity contribution in [3.8, 4) is 0 Å². The standard InChI is InChI=1S/C12H15Cl2NO4S/c1-3-5-15(4-2)20(18,19)11-6-8(12(16)17)9(13)7-10(11)14/h6-7H,3-5H2,1-2H3,(H,16,17). The Kier molecular flexibility index (Phi) is 5.82. The van der Waals surface area contributed by atoms with Gasteiger partial charge in [-0.1, -0.05) is 37.0 Å². The zero-order valence-corrected chi connectivity index (χ0v) is 13.4. The maximum absolute atomic E-state index is 12.5. The lowest BCUT2D eigenvalue weighted by Crippen LogP contribution is -2.32. The molecule has 0 radical (unpaired) electrons. The van der Waals surface area contributed by atoms with Gasteiger partial charge in [0.25, 0.3) is 0 Å². The van der Waals surface area contributed by atoms with Crippen LogP contribution in [0, 0.1) is 0 Å². The molecule has 0 spiro atoms.